The molecule has 666 valence electrons. The molecule has 8 N–H and O–H groups in total. The van der Waals surface area contributed by atoms with Gasteiger partial charge in [-0.25, -0.2) is 4.79 Å². The number of anilines is 3. The number of nitrogens with two attached hydrogens (primary N) is 2. The number of nitrogen functional groups attached to an aromatic ring is 2. The lowest BCUT2D eigenvalue weighted by Crippen LogP contribution is -2.21. The zero-order valence-corrected chi connectivity index (χ0v) is 74.6. The second-order valence-electron chi connectivity index (χ2n) is 30.3. The average molecular weight is 1780 g/mol. The number of ether oxygens (including phenoxy) is 2. The number of aromatic amines is 3. The number of fused-ring (bicyclic) bond motifs is 3. The molecule has 24 nitrogen and oxygen atoms in total. The van der Waals surface area contributed by atoms with Crippen LogP contribution in [0.5, 0.6) is 0 Å². The molecule has 11 aromatic carbocycles. The number of amides is 1. The van der Waals surface area contributed by atoms with E-state index in [1.54, 1.807) is 129 Å². The van der Waals surface area contributed by atoms with Crippen molar-refractivity contribution in [3.8, 4) is 51.6 Å². The van der Waals surface area contributed by atoms with Crippen LogP contribution in [-0.4, -0.2) is 85.4 Å². The number of aromatic nitrogens is 5. The van der Waals surface area contributed by atoms with Gasteiger partial charge >= 0.3 is 11.9 Å². The van der Waals surface area contributed by atoms with Crippen LogP contribution < -0.4 is 33.5 Å². The molecule has 0 saturated carbocycles. The summed E-state index contributed by atoms with van der Waals surface area (Å²) < 4.78 is 9.84. The fourth-order valence-corrected chi connectivity index (χ4v) is 13.9. The quantitative estimate of drug-likeness (QED) is 0.00833. The molecule has 0 aliphatic heterocycles. The molecule has 0 spiro atoms. The number of rotatable bonds is 19. The first kappa shape index (κ1) is 98.1. The Morgan fingerprint density at radius 1 is 0.433 bits per heavy atom. The lowest BCUT2D eigenvalue weighted by atomic mass is 9.91. The maximum atomic E-state index is 13.4. The van der Waals surface area contributed by atoms with Crippen LogP contribution in [0, 0.1) is 75.5 Å². The van der Waals surface area contributed by atoms with Gasteiger partial charge in [-0.2, -0.15) is 15.8 Å². The zero-order valence-electron chi connectivity index (χ0n) is 74.6. The van der Waals surface area contributed by atoms with Crippen molar-refractivity contribution >= 4 is 103 Å². The van der Waals surface area contributed by atoms with Crippen LogP contribution >= 0.6 is 0 Å². The molecule has 134 heavy (non-hydrogen) atoms. The molecule has 0 fully saturated rings. The summed E-state index contributed by atoms with van der Waals surface area (Å²) in [6.45, 7) is 15.5. The second kappa shape index (κ2) is 48.2. The summed E-state index contributed by atoms with van der Waals surface area (Å²) in [5, 5.41) is 32.0. The van der Waals surface area contributed by atoms with Gasteiger partial charge in [0.25, 0.3) is 16.7 Å². The smallest absolute Gasteiger partial charge is 0.344 e. The highest BCUT2D eigenvalue weighted by molar-refractivity contribution is 6.20. The molecule has 0 saturated heterocycles. The van der Waals surface area contributed by atoms with Crippen LogP contribution in [0.2, 0.25) is 0 Å². The number of nitrogens with zero attached hydrogens (tertiary/aromatic N) is 5. The Hall–Kier alpha value is -18.1. The first-order valence-corrected chi connectivity index (χ1v) is 42.2. The van der Waals surface area contributed by atoms with Gasteiger partial charge in [0.1, 0.15) is 29.7 Å². The number of H-pyrrole nitrogens is 3. The molecule has 24 heteroatoms. The molecule has 0 aliphatic carbocycles. The molecule has 16 rings (SSSR count). The van der Waals surface area contributed by atoms with Crippen molar-refractivity contribution in [1.82, 2.24) is 24.9 Å². The van der Waals surface area contributed by atoms with Gasteiger partial charge in [-0.1, -0.05) is 222 Å². The minimum Gasteiger partial charge on any atom is -0.466 e. The number of benzene rings is 11. The summed E-state index contributed by atoms with van der Waals surface area (Å²) >= 11 is 0. The van der Waals surface area contributed by atoms with Crippen LogP contribution in [0.3, 0.4) is 0 Å². The van der Waals surface area contributed by atoms with Gasteiger partial charge < -0.3 is 41.2 Å². The summed E-state index contributed by atoms with van der Waals surface area (Å²) in [7, 11) is 0. The highest BCUT2D eigenvalue weighted by Crippen LogP contribution is 2.35. The van der Waals surface area contributed by atoms with E-state index in [0.29, 0.717) is 89.2 Å². The van der Waals surface area contributed by atoms with E-state index in [0.717, 1.165) is 72.5 Å². The third-order valence-corrected chi connectivity index (χ3v) is 20.3. The molecule has 5 aromatic heterocycles. The van der Waals surface area contributed by atoms with Crippen LogP contribution in [0.25, 0.3) is 72.2 Å². The highest BCUT2D eigenvalue weighted by Gasteiger charge is 2.27. The first-order valence-electron chi connectivity index (χ1n) is 42.2. The number of allylic oxidation sites excluding steroid dienone is 1. The van der Waals surface area contributed by atoms with Gasteiger partial charge in [-0.15, -0.1) is 0 Å². The van der Waals surface area contributed by atoms with Crippen LogP contribution in [0.4, 0.5) is 17.1 Å². The lowest BCUT2D eigenvalue weighted by molar-refractivity contribution is -0.145. The third-order valence-electron chi connectivity index (χ3n) is 20.3. The molecule has 0 radical (unpaired) electrons. The summed E-state index contributed by atoms with van der Waals surface area (Å²) in [5.41, 5.74) is 27.4. The van der Waals surface area contributed by atoms with Gasteiger partial charge in [0, 0.05) is 113 Å². The molecule has 1 amide bonds. The number of hydrogen-bond donors (Lipinski definition) is 6. The van der Waals surface area contributed by atoms with Crippen LogP contribution in [-0.2, 0) is 19.1 Å². The number of carbonyl (C=O) groups excluding carboxylic acids is 8. The van der Waals surface area contributed by atoms with Gasteiger partial charge in [0.15, 0.2) is 23.6 Å². The van der Waals surface area contributed by atoms with E-state index in [9.17, 15) is 58.0 Å². The summed E-state index contributed by atoms with van der Waals surface area (Å²) in [4.78, 5) is 150. The average Bonchev–Trinajstić information content (AvgIpc) is 0.772. The molecule has 0 atom stereocenters. The molecular weight excluding hydrogens is 1680 g/mol. The monoisotopic (exact) mass is 1780 g/mol. The summed E-state index contributed by atoms with van der Waals surface area (Å²) in [6.07, 6.45) is 7.82. The largest absolute Gasteiger partial charge is 0.466 e. The molecular formula is C110H93N11O13. The third kappa shape index (κ3) is 26.3. The number of carbonyl (C=O) groups is 8. The number of hydrogen-bond acceptors (Lipinski definition) is 20. The Labute approximate surface area is 772 Å². The lowest BCUT2D eigenvalue weighted by Gasteiger charge is -2.13. The SMILES string of the molecule is CCOC(=O)CC(=O)Nc1ccc(C)cc1C(=O)c1ccccc1.CCOC(=O)c1c(-c2ccccc2)c2cc(C)ccc2[nH]c1=O.Cc1ccc(N)c(C#N)c1.Cc1ccc(N)c(C(=O)c2ccccc2)c1.Cc1ccc2[nH]c(=O)c(C(=O)/C(C#N)=C/c3cccnc3)c(-c3ccccc3)c2c1.Cc1ccc2[nH]c(=O)c(C(=O)CC#N)c(-c3ccccc3)c2c1.O=Cc1cccnc1. The van der Waals surface area contributed by atoms with Crippen LogP contribution in [0.15, 0.2) is 330 Å². The van der Waals surface area contributed by atoms with Crippen molar-refractivity contribution in [1.29, 1.82) is 15.8 Å². The summed E-state index contributed by atoms with van der Waals surface area (Å²) in [5.74, 6) is -3.01. The number of aryl methyl sites for hydroxylation is 6. The second-order valence-corrected chi connectivity index (χ2v) is 30.3. The van der Waals surface area contributed by atoms with Gasteiger partial charge in [0.05, 0.1) is 48.1 Å². The standard InChI is InChI=1S/C25H17N3O2.C19H14N2O2.C19H19NO4.C19H17NO3.C14H13NO.C8H8N2.C6H5NO/c1-16-9-10-21-20(12-16)22(18-7-3-2-4-8-18)23(25(30)28-21)24(29)19(14-26)13-17-6-5-11-27-15-17;1-12-7-8-15-14(11-12)17(13-5-3-2-4-6-13)18(19(23)21-15)16(22)9-10-20;1-3-24-18(22)12-17(21)20-16-10-9-13(2)11-15(16)19(23)14-7-5-4-6-8-14;1-3-23-19(22)17-16(13-7-5-4-6-8-13)14-11-12(2)9-10-15(14)20-18(17)21;1-10-7-8-13(15)12(9-10)14(16)11-5-3-2-4-6-11;1-6-2-3-8(10)7(4-6)5-9;8-5-6-2-1-3-7-4-6/h2-13,15H,1H3,(H,28,30);2-8,11H,9H2,1H3,(H,21,23);4-11H,3,12H2,1-2H3,(H,20,21);4-11H,3H2,1-2H3,(H,20,21);2-9H,15H2,1H3;2-4H,10H2,1H3;1-5H/b19-13+;;;;;;. The molecule has 16 aromatic rings. The van der Waals surface area contributed by atoms with Gasteiger partial charge in [0.2, 0.25) is 11.7 Å². The maximum absolute atomic E-state index is 13.4. The van der Waals surface area contributed by atoms with E-state index in [1.165, 1.54) is 12.3 Å². The number of nitrogens with one attached hydrogen (secondary N) is 4. The number of Topliss-reactive ketones (excluding diaryl/α,β-unsaturated/α-hetero) is 2. The zero-order chi connectivity index (χ0) is 96.3. The molecule has 0 unspecified atom stereocenters. The molecule has 0 aliphatic rings. The van der Waals surface area contributed by atoms with Crippen LogP contribution in [0.1, 0.15) is 144 Å². The van der Waals surface area contributed by atoms with E-state index in [-0.39, 0.29) is 59.9 Å². The minimum absolute atomic E-state index is 0.0261. The van der Waals surface area contributed by atoms with E-state index < -0.39 is 46.1 Å². The highest BCUT2D eigenvalue weighted by atomic mass is 16.5. The van der Waals surface area contributed by atoms with Crippen molar-refractivity contribution in [2.45, 2.75) is 68.2 Å². The normalized spacial score (nSPS) is 10.3. The van der Waals surface area contributed by atoms with Crippen molar-refractivity contribution in [3.05, 3.63) is 436 Å². The van der Waals surface area contributed by atoms with Crippen molar-refractivity contribution in [2.24, 2.45) is 0 Å². The minimum atomic E-state index is -0.620. The predicted octanol–water partition coefficient (Wildman–Crippen LogP) is 20.2. The number of pyridine rings is 5. The molecule has 5 heterocycles. The first-order chi connectivity index (χ1) is 64.7. The Morgan fingerprint density at radius 3 is 1.25 bits per heavy atom. The van der Waals surface area contributed by atoms with E-state index in [4.69, 9.17) is 31.5 Å². The van der Waals surface area contributed by atoms with E-state index >= 15 is 0 Å². The van der Waals surface area contributed by atoms with Crippen molar-refractivity contribution in [2.75, 3.05) is 30.0 Å². The van der Waals surface area contributed by atoms with E-state index in [2.05, 4.69) is 30.2 Å². The van der Waals surface area contributed by atoms with Gasteiger partial charge in [-0.3, -0.25) is 57.9 Å². The predicted molar refractivity (Wildman–Crippen MR) is 523 cm³/mol. The fourth-order valence-electron chi connectivity index (χ4n) is 13.9. The van der Waals surface area contributed by atoms with E-state index in [1.807, 2.05) is 248 Å². The number of nitriles is 3. The Morgan fingerprint density at radius 2 is 0.828 bits per heavy atom. The van der Waals surface area contributed by atoms with Crippen molar-refractivity contribution in [3.63, 3.8) is 0 Å². The Kier molecular flexibility index (Phi) is 35.3. The fraction of sp³-hybridized carbons (Fsp3) is 0.109. The topological polar surface area (TPSA) is 415 Å². The summed E-state index contributed by atoms with van der Waals surface area (Å²) in [6, 6.07) is 91.8. The maximum Gasteiger partial charge on any atom is 0.344 e. The Balaban J connectivity index is 0.000000167. The number of aldehydes is 1. The number of esters is 2. The van der Waals surface area contributed by atoms with Gasteiger partial charge in [-0.05, 0) is 180 Å². The van der Waals surface area contributed by atoms with Crippen molar-refractivity contribution < 1.29 is 47.8 Å². The Bertz CT molecular complexity index is 7350. The molecule has 0 bridgehead atoms. The number of ketones is 4.